The summed E-state index contributed by atoms with van der Waals surface area (Å²) in [5.74, 6) is 6.43. The van der Waals surface area contributed by atoms with Crippen molar-refractivity contribution in [1.82, 2.24) is 14.8 Å². The highest BCUT2D eigenvalue weighted by Crippen LogP contribution is 2.31. The number of pyridine rings is 1. The lowest BCUT2D eigenvalue weighted by Gasteiger charge is -2.35. The van der Waals surface area contributed by atoms with Crippen molar-refractivity contribution in [2.24, 2.45) is 11.7 Å². The van der Waals surface area contributed by atoms with E-state index >= 15 is 0 Å². The van der Waals surface area contributed by atoms with Crippen molar-refractivity contribution in [2.75, 3.05) is 31.3 Å². The first kappa shape index (κ1) is 30.4. The fourth-order valence-electron chi connectivity index (χ4n) is 5.66. The summed E-state index contributed by atoms with van der Waals surface area (Å²) in [6.07, 6.45) is 3.75. The molecule has 10 nitrogen and oxygen atoms in total. The van der Waals surface area contributed by atoms with Crippen LogP contribution in [0, 0.1) is 17.8 Å². The zero-order valence-electron chi connectivity index (χ0n) is 25.1. The molecule has 4 heterocycles. The number of ether oxygens (including phenoxy) is 1. The van der Waals surface area contributed by atoms with Gasteiger partial charge in [0.25, 0.3) is 11.8 Å². The Hall–Kier alpha value is -4.01. The predicted octanol–water partition coefficient (Wildman–Crippen LogP) is 3.23. The number of benzene rings is 1. The van der Waals surface area contributed by atoms with Gasteiger partial charge >= 0.3 is 0 Å². The van der Waals surface area contributed by atoms with E-state index in [0.717, 1.165) is 48.9 Å². The number of anilines is 1. The maximum absolute atomic E-state index is 13.4. The Bertz CT molecular complexity index is 1470. The molecule has 3 aliphatic heterocycles. The molecule has 0 aliphatic carbocycles. The lowest BCUT2D eigenvalue weighted by atomic mass is 9.96. The SMILES string of the molecule is C[Si](C)(C)CCOCN1C(=O)CCC(N2Cc3c(C#CC4CCN(c5ccc(C(N)=O)cn5)CC4)cccc3C2=O)C1=O. The van der Waals surface area contributed by atoms with Gasteiger partial charge in [0, 0.05) is 64.0 Å². The van der Waals surface area contributed by atoms with Crippen LogP contribution < -0.4 is 10.6 Å². The maximum atomic E-state index is 13.4. The molecule has 5 rings (SSSR count). The molecule has 1 aromatic carbocycles. The van der Waals surface area contributed by atoms with E-state index in [-0.39, 0.29) is 36.8 Å². The number of likely N-dealkylation sites (tertiary alicyclic amines) is 1. The van der Waals surface area contributed by atoms with E-state index in [1.807, 2.05) is 18.2 Å². The van der Waals surface area contributed by atoms with E-state index in [1.165, 1.54) is 11.1 Å². The molecule has 1 aromatic heterocycles. The van der Waals surface area contributed by atoms with Gasteiger partial charge in [0.05, 0.1) is 5.56 Å². The van der Waals surface area contributed by atoms with Crippen molar-refractivity contribution in [1.29, 1.82) is 0 Å². The van der Waals surface area contributed by atoms with Crippen molar-refractivity contribution in [3.63, 3.8) is 0 Å². The number of carbonyl (C=O) groups is 4. The summed E-state index contributed by atoms with van der Waals surface area (Å²) in [5, 5.41) is 0. The molecule has 0 radical (unpaired) electrons. The quantitative estimate of drug-likeness (QED) is 0.213. The minimum atomic E-state index is -1.30. The van der Waals surface area contributed by atoms with Crippen LogP contribution >= 0.6 is 0 Å². The van der Waals surface area contributed by atoms with Crippen LogP contribution in [-0.2, 0) is 20.9 Å². The first-order valence-corrected chi connectivity index (χ1v) is 18.6. The molecule has 11 heteroatoms. The number of hydrogen-bond acceptors (Lipinski definition) is 7. The fourth-order valence-corrected chi connectivity index (χ4v) is 6.41. The van der Waals surface area contributed by atoms with Gasteiger partial charge in [0.1, 0.15) is 18.6 Å². The number of amides is 4. The minimum Gasteiger partial charge on any atom is -0.366 e. The molecule has 2 fully saturated rings. The molecule has 1 atom stereocenters. The average Bonchev–Trinajstić information content (AvgIpc) is 3.32. The summed E-state index contributed by atoms with van der Waals surface area (Å²) in [7, 11) is -1.30. The smallest absolute Gasteiger partial charge is 0.255 e. The van der Waals surface area contributed by atoms with Gasteiger partial charge in [-0.25, -0.2) is 4.98 Å². The van der Waals surface area contributed by atoms with E-state index in [2.05, 4.69) is 41.4 Å². The Balaban J connectivity index is 1.21. The topological polar surface area (TPSA) is 126 Å². The Morgan fingerprint density at radius 3 is 2.53 bits per heavy atom. The van der Waals surface area contributed by atoms with Gasteiger partial charge < -0.3 is 20.3 Å². The highest BCUT2D eigenvalue weighted by atomic mass is 28.3. The van der Waals surface area contributed by atoms with Crippen molar-refractivity contribution in [3.05, 3.63) is 58.8 Å². The normalized spacial score (nSPS) is 19.4. The molecule has 3 aliphatic rings. The molecule has 0 saturated carbocycles. The van der Waals surface area contributed by atoms with Crippen LogP contribution in [0.2, 0.25) is 25.7 Å². The summed E-state index contributed by atoms with van der Waals surface area (Å²) in [4.78, 5) is 60.0. The summed E-state index contributed by atoms with van der Waals surface area (Å²) in [6, 6.07) is 9.29. The van der Waals surface area contributed by atoms with Crippen LogP contribution in [0.4, 0.5) is 5.82 Å². The number of hydrogen-bond donors (Lipinski definition) is 1. The molecule has 1 unspecified atom stereocenters. The number of nitrogens with zero attached hydrogens (tertiary/aromatic N) is 4. The minimum absolute atomic E-state index is 0.0715. The predicted molar refractivity (Wildman–Crippen MR) is 165 cm³/mol. The highest BCUT2D eigenvalue weighted by Gasteiger charge is 2.43. The molecule has 43 heavy (non-hydrogen) atoms. The average molecular weight is 602 g/mol. The van der Waals surface area contributed by atoms with E-state index in [0.29, 0.717) is 30.7 Å². The monoisotopic (exact) mass is 601 g/mol. The second-order valence-corrected chi connectivity index (χ2v) is 18.2. The van der Waals surface area contributed by atoms with Gasteiger partial charge in [-0.05, 0) is 55.1 Å². The number of fused-ring (bicyclic) bond motifs is 1. The first-order valence-electron chi connectivity index (χ1n) is 14.9. The number of imide groups is 1. The second kappa shape index (κ2) is 12.7. The third-order valence-electron chi connectivity index (χ3n) is 8.33. The lowest BCUT2D eigenvalue weighted by molar-refractivity contribution is -0.158. The molecule has 226 valence electrons. The van der Waals surface area contributed by atoms with Crippen LogP contribution in [0.25, 0.3) is 0 Å². The first-order chi connectivity index (χ1) is 20.5. The van der Waals surface area contributed by atoms with Gasteiger partial charge in [0.15, 0.2) is 0 Å². The Labute approximate surface area is 253 Å². The molecule has 0 spiro atoms. The summed E-state index contributed by atoms with van der Waals surface area (Å²) in [6.45, 7) is 9.05. The van der Waals surface area contributed by atoms with Gasteiger partial charge in [-0.15, -0.1) is 0 Å². The molecular weight excluding hydrogens is 562 g/mol. The van der Waals surface area contributed by atoms with E-state index in [9.17, 15) is 19.2 Å². The lowest BCUT2D eigenvalue weighted by Crippen LogP contribution is -2.55. The summed E-state index contributed by atoms with van der Waals surface area (Å²) < 4.78 is 5.72. The molecule has 2 N–H and O–H groups in total. The number of piperidine rings is 2. The summed E-state index contributed by atoms with van der Waals surface area (Å²) >= 11 is 0. The number of primary amides is 1. The highest BCUT2D eigenvalue weighted by molar-refractivity contribution is 6.76. The van der Waals surface area contributed by atoms with Crippen molar-refractivity contribution < 1.29 is 23.9 Å². The number of rotatable bonds is 8. The van der Waals surface area contributed by atoms with Crippen molar-refractivity contribution in [2.45, 2.75) is 64.0 Å². The van der Waals surface area contributed by atoms with Gasteiger partial charge in [-0.1, -0.05) is 37.5 Å². The maximum Gasteiger partial charge on any atom is 0.255 e. The Kier molecular flexibility index (Phi) is 8.99. The van der Waals surface area contributed by atoms with Crippen molar-refractivity contribution in [3.8, 4) is 11.8 Å². The molecular formula is C32H39N5O5Si. The number of carbonyl (C=O) groups excluding carboxylic acids is 4. The third-order valence-corrected chi connectivity index (χ3v) is 10.0. The second-order valence-electron chi connectivity index (χ2n) is 12.6. The molecule has 4 amide bonds. The number of aromatic nitrogens is 1. The number of nitrogens with two attached hydrogens (primary N) is 1. The van der Waals surface area contributed by atoms with Crippen LogP contribution in [0.3, 0.4) is 0 Å². The van der Waals surface area contributed by atoms with Crippen LogP contribution in [0.1, 0.15) is 57.5 Å². The zero-order chi connectivity index (χ0) is 30.7. The van der Waals surface area contributed by atoms with E-state index < -0.39 is 20.0 Å². The van der Waals surface area contributed by atoms with Gasteiger partial charge in [-0.3, -0.25) is 24.1 Å². The molecule has 2 aromatic rings. The van der Waals surface area contributed by atoms with Crippen LogP contribution in [-0.4, -0.2) is 79.0 Å². The molecule has 2 saturated heterocycles. The standard InChI is InChI=1S/C32H39N5O5Si/c1-43(2,3)18-17-42-21-37-29(38)12-10-27(32(37)41)36-20-26-23(5-4-6-25(26)31(36)40)8-7-22-13-15-35(16-14-22)28-11-9-24(19-34-28)30(33)39/h4-6,9,11,19,22,27H,10,12-18,20-21H2,1-3H3,(H2,33,39). The van der Waals surface area contributed by atoms with E-state index in [1.54, 1.807) is 17.0 Å². The van der Waals surface area contributed by atoms with Gasteiger partial charge in [-0.2, -0.15) is 0 Å². The van der Waals surface area contributed by atoms with Crippen LogP contribution in [0.15, 0.2) is 36.5 Å². The largest absolute Gasteiger partial charge is 0.366 e. The summed E-state index contributed by atoms with van der Waals surface area (Å²) in [5.41, 5.74) is 7.89. The van der Waals surface area contributed by atoms with Crippen molar-refractivity contribution >= 4 is 37.5 Å². The van der Waals surface area contributed by atoms with Gasteiger partial charge in [0.2, 0.25) is 11.8 Å². The fraction of sp³-hybridized carbons (Fsp3) is 0.469. The molecule has 0 bridgehead atoms. The Morgan fingerprint density at radius 2 is 1.86 bits per heavy atom. The van der Waals surface area contributed by atoms with E-state index in [4.69, 9.17) is 10.5 Å². The third kappa shape index (κ3) is 6.97. The van der Waals surface area contributed by atoms with Crippen LogP contribution in [0.5, 0.6) is 0 Å². The zero-order valence-corrected chi connectivity index (χ0v) is 26.1. The Morgan fingerprint density at radius 1 is 1.09 bits per heavy atom.